The van der Waals surface area contributed by atoms with Gasteiger partial charge in [-0.25, -0.2) is 8.42 Å². The van der Waals surface area contributed by atoms with Gasteiger partial charge in [-0.1, -0.05) is 31.2 Å². The van der Waals surface area contributed by atoms with E-state index in [1.807, 2.05) is 0 Å². The van der Waals surface area contributed by atoms with Gasteiger partial charge >= 0.3 is 0 Å². The van der Waals surface area contributed by atoms with Crippen molar-refractivity contribution in [1.29, 1.82) is 0 Å². The minimum absolute atomic E-state index is 0.136. The average Bonchev–Trinajstić information content (AvgIpc) is 2.73. The summed E-state index contributed by atoms with van der Waals surface area (Å²) in [5.41, 5.74) is 2.79. The van der Waals surface area contributed by atoms with Gasteiger partial charge in [-0.15, -0.1) is 0 Å². The maximum Gasteiger partial charge on any atom is 0.151 e. The van der Waals surface area contributed by atoms with Gasteiger partial charge in [-0.3, -0.25) is 0 Å². The monoisotopic (exact) mass is 279 g/mol. The molecule has 1 aromatic carbocycles. The molecule has 1 aliphatic carbocycles. The first-order valence-electron chi connectivity index (χ1n) is 7.10. The van der Waals surface area contributed by atoms with Gasteiger partial charge in [-0.05, 0) is 36.3 Å². The number of benzene rings is 1. The Morgan fingerprint density at radius 1 is 1.11 bits per heavy atom. The molecule has 2 aliphatic rings. The van der Waals surface area contributed by atoms with Crippen molar-refractivity contribution in [3.05, 3.63) is 35.4 Å². The van der Waals surface area contributed by atoms with Crippen molar-refractivity contribution in [2.75, 3.05) is 11.5 Å². The highest BCUT2D eigenvalue weighted by Crippen LogP contribution is 2.37. The third-order valence-corrected chi connectivity index (χ3v) is 6.23. The Kier molecular flexibility index (Phi) is 3.39. The van der Waals surface area contributed by atoms with Crippen LogP contribution in [0.4, 0.5) is 0 Å². The number of fused-ring (bicyclic) bond motifs is 1. The number of hydrogen-bond donors (Lipinski definition) is 1. The standard InChI is InChI=1S/C15H21NO2S/c1-11-6-7-15(14-5-3-2-4-13(11)14)16-12-8-9-19(17,18)10-12/h2-5,11-12,15-16H,6-10H2,1H3. The molecule has 1 N–H and O–H groups in total. The predicted molar refractivity (Wildman–Crippen MR) is 77.0 cm³/mol. The van der Waals surface area contributed by atoms with E-state index in [2.05, 4.69) is 36.5 Å². The molecule has 0 bridgehead atoms. The Morgan fingerprint density at radius 3 is 2.53 bits per heavy atom. The van der Waals surface area contributed by atoms with Crippen LogP contribution in [0.3, 0.4) is 0 Å². The smallest absolute Gasteiger partial charge is 0.151 e. The van der Waals surface area contributed by atoms with Crippen LogP contribution in [0.25, 0.3) is 0 Å². The summed E-state index contributed by atoms with van der Waals surface area (Å²) in [4.78, 5) is 0. The molecule has 3 atom stereocenters. The molecule has 0 radical (unpaired) electrons. The summed E-state index contributed by atoms with van der Waals surface area (Å²) in [6, 6.07) is 9.03. The molecule has 104 valence electrons. The molecule has 0 saturated carbocycles. The molecular weight excluding hydrogens is 258 g/mol. The summed E-state index contributed by atoms with van der Waals surface area (Å²) >= 11 is 0. The lowest BCUT2D eigenvalue weighted by Gasteiger charge is -2.32. The van der Waals surface area contributed by atoms with Crippen LogP contribution in [0.5, 0.6) is 0 Å². The molecule has 3 unspecified atom stereocenters. The SMILES string of the molecule is CC1CCC(NC2CCS(=O)(=O)C2)c2ccccc21. The Balaban J connectivity index is 1.78. The number of sulfone groups is 1. The molecule has 4 heteroatoms. The number of rotatable bonds is 2. The fourth-order valence-corrected chi connectivity index (χ4v) is 5.08. The summed E-state index contributed by atoms with van der Waals surface area (Å²) < 4.78 is 23.1. The van der Waals surface area contributed by atoms with E-state index in [1.165, 1.54) is 17.5 Å². The summed E-state index contributed by atoms with van der Waals surface area (Å²) in [5.74, 6) is 1.26. The van der Waals surface area contributed by atoms with E-state index in [-0.39, 0.29) is 6.04 Å². The van der Waals surface area contributed by atoms with Gasteiger partial charge in [-0.2, -0.15) is 0 Å². The van der Waals surface area contributed by atoms with Crippen LogP contribution in [0.2, 0.25) is 0 Å². The van der Waals surface area contributed by atoms with Gasteiger partial charge in [0, 0.05) is 12.1 Å². The zero-order valence-electron chi connectivity index (χ0n) is 11.3. The second-order valence-corrected chi connectivity index (χ2v) is 8.16. The highest BCUT2D eigenvalue weighted by molar-refractivity contribution is 7.91. The molecule has 1 aliphatic heterocycles. The molecule has 19 heavy (non-hydrogen) atoms. The van der Waals surface area contributed by atoms with Crippen LogP contribution in [-0.4, -0.2) is 26.0 Å². The summed E-state index contributed by atoms with van der Waals surface area (Å²) in [5, 5.41) is 3.57. The highest BCUT2D eigenvalue weighted by atomic mass is 32.2. The van der Waals surface area contributed by atoms with E-state index < -0.39 is 9.84 Å². The Bertz CT molecular complexity index is 567. The maximum absolute atomic E-state index is 11.5. The van der Waals surface area contributed by atoms with Crippen molar-refractivity contribution in [3.63, 3.8) is 0 Å². The summed E-state index contributed by atoms with van der Waals surface area (Å²) in [6.45, 7) is 2.27. The van der Waals surface area contributed by atoms with Crippen molar-refractivity contribution in [1.82, 2.24) is 5.32 Å². The van der Waals surface area contributed by atoms with Gasteiger partial charge in [0.2, 0.25) is 0 Å². The number of hydrogen-bond acceptors (Lipinski definition) is 3. The second-order valence-electron chi connectivity index (χ2n) is 5.93. The summed E-state index contributed by atoms with van der Waals surface area (Å²) in [6.07, 6.45) is 3.04. The fraction of sp³-hybridized carbons (Fsp3) is 0.600. The molecule has 3 nitrogen and oxygen atoms in total. The summed E-state index contributed by atoms with van der Waals surface area (Å²) in [7, 11) is -2.80. The average molecular weight is 279 g/mol. The lowest BCUT2D eigenvalue weighted by Crippen LogP contribution is -2.35. The Hall–Kier alpha value is -0.870. The number of nitrogens with one attached hydrogen (secondary N) is 1. The first-order valence-corrected chi connectivity index (χ1v) is 8.92. The molecule has 0 aromatic heterocycles. The third kappa shape index (κ3) is 2.70. The molecule has 1 aromatic rings. The molecule has 1 fully saturated rings. The van der Waals surface area contributed by atoms with Crippen molar-refractivity contribution < 1.29 is 8.42 Å². The lowest BCUT2D eigenvalue weighted by molar-refractivity contribution is 0.394. The fourth-order valence-electron chi connectivity index (χ4n) is 3.39. The van der Waals surface area contributed by atoms with Gasteiger partial charge in [0.05, 0.1) is 11.5 Å². The van der Waals surface area contributed by atoms with Gasteiger partial charge in [0.25, 0.3) is 0 Å². The van der Waals surface area contributed by atoms with Crippen LogP contribution in [0.15, 0.2) is 24.3 Å². The van der Waals surface area contributed by atoms with Crippen molar-refractivity contribution >= 4 is 9.84 Å². The van der Waals surface area contributed by atoms with Gasteiger partial charge < -0.3 is 5.32 Å². The first-order chi connectivity index (χ1) is 9.05. The van der Waals surface area contributed by atoms with E-state index in [9.17, 15) is 8.42 Å². The molecule has 3 rings (SSSR count). The van der Waals surface area contributed by atoms with E-state index in [1.54, 1.807) is 0 Å². The largest absolute Gasteiger partial charge is 0.306 e. The predicted octanol–water partition coefficient (Wildman–Crippen LogP) is 2.40. The second kappa shape index (κ2) is 4.91. The van der Waals surface area contributed by atoms with E-state index >= 15 is 0 Å². The zero-order valence-corrected chi connectivity index (χ0v) is 12.1. The first kappa shape index (κ1) is 13.1. The maximum atomic E-state index is 11.5. The zero-order chi connectivity index (χ0) is 13.5. The minimum Gasteiger partial charge on any atom is -0.306 e. The van der Waals surface area contributed by atoms with Gasteiger partial charge in [0.15, 0.2) is 9.84 Å². The third-order valence-electron chi connectivity index (χ3n) is 4.46. The normalized spacial score (nSPS) is 33.0. The minimum atomic E-state index is -2.80. The van der Waals surface area contributed by atoms with Crippen LogP contribution >= 0.6 is 0 Å². The van der Waals surface area contributed by atoms with Crippen LogP contribution in [0, 0.1) is 0 Å². The molecule has 0 amide bonds. The van der Waals surface area contributed by atoms with Crippen molar-refractivity contribution in [3.8, 4) is 0 Å². The van der Waals surface area contributed by atoms with Crippen LogP contribution in [-0.2, 0) is 9.84 Å². The molecule has 1 saturated heterocycles. The quantitative estimate of drug-likeness (QED) is 0.904. The van der Waals surface area contributed by atoms with E-state index in [0.29, 0.717) is 23.5 Å². The lowest BCUT2D eigenvalue weighted by atomic mass is 9.81. The van der Waals surface area contributed by atoms with Crippen molar-refractivity contribution in [2.24, 2.45) is 0 Å². The highest BCUT2D eigenvalue weighted by Gasteiger charge is 2.32. The molecule has 1 heterocycles. The Labute approximate surface area is 115 Å². The van der Waals surface area contributed by atoms with Gasteiger partial charge in [0.1, 0.15) is 0 Å². The van der Waals surface area contributed by atoms with Crippen LogP contribution in [0.1, 0.15) is 49.3 Å². The molecule has 0 spiro atoms. The Morgan fingerprint density at radius 2 is 1.84 bits per heavy atom. The molecular formula is C15H21NO2S. The van der Waals surface area contributed by atoms with E-state index in [4.69, 9.17) is 0 Å². The van der Waals surface area contributed by atoms with Crippen LogP contribution < -0.4 is 5.32 Å². The van der Waals surface area contributed by atoms with Crippen molar-refractivity contribution in [2.45, 2.75) is 44.2 Å². The van der Waals surface area contributed by atoms with E-state index in [0.717, 1.165) is 12.8 Å². The topological polar surface area (TPSA) is 46.2 Å².